The number of likely N-dealkylation sites (N-methyl/N-ethyl adjacent to an activating group) is 1. The van der Waals surface area contributed by atoms with Gasteiger partial charge in [-0.2, -0.15) is 0 Å². The monoisotopic (exact) mass is 416 g/mol. The molecular weight excluding hydrogens is 388 g/mol. The van der Waals surface area contributed by atoms with Crippen LogP contribution in [0.5, 0.6) is 5.75 Å². The van der Waals surface area contributed by atoms with Crippen molar-refractivity contribution >= 4 is 21.6 Å². The first-order valence-corrected chi connectivity index (χ1v) is 11.4. The molecule has 0 saturated heterocycles. The molecule has 0 radical (unpaired) electrons. The number of anilines is 1. The van der Waals surface area contributed by atoms with Crippen LogP contribution in [0.1, 0.15) is 32.1 Å². The lowest BCUT2D eigenvalue weighted by Crippen LogP contribution is -2.46. The van der Waals surface area contributed by atoms with Gasteiger partial charge in [0, 0.05) is 13.1 Å². The van der Waals surface area contributed by atoms with Crippen LogP contribution in [0.4, 0.5) is 5.69 Å². The van der Waals surface area contributed by atoms with Crippen LogP contribution in [0.25, 0.3) is 0 Å². The number of amides is 1. The molecule has 7 heteroatoms. The Morgan fingerprint density at radius 2 is 1.62 bits per heavy atom. The highest BCUT2D eigenvalue weighted by Gasteiger charge is 2.31. The zero-order valence-electron chi connectivity index (χ0n) is 17.0. The summed E-state index contributed by atoms with van der Waals surface area (Å²) in [6, 6.07) is 15.2. The highest BCUT2D eigenvalue weighted by atomic mass is 32.2. The molecule has 156 valence electrons. The minimum Gasteiger partial charge on any atom is -0.495 e. The quantitative estimate of drug-likeness (QED) is 0.691. The first-order chi connectivity index (χ1) is 13.9. The van der Waals surface area contributed by atoms with Crippen LogP contribution in [0, 0.1) is 0 Å². The molecule has 29 heavy (non-hydrogen) atoms. The van der Waals surface area contributed by atoms with Crippen LogP contribution in [0.3, 0.4) is 0 Å². The molecule has 0 aliphatic heterocycles. The van der Waals surface area contributed by atoms with Crippen molar-refractivity contribution in [2.24, 2.45) is 0 Å². The Bertz CT molecular complexity index is 925. The maximum Gasteiger partial charge on any atom is 0.264 e. The average molecular weight is 417 g/mol. The molecule has 1 saturated carbocycles. The van der Waals surface area contributed by atoms with Crippen molar-refractivity contribution in [1.82, 2.24) is 4.90 Å². The second-order valence-electron chi connectivity index (χ2n) is 7.29. The van der Waals surface area contributed by atoms with Gasteiger partial charge in [0.2, 0.25) is 5.91 Å². The van der Waals surface area contributed by atoms with E-state index in [0.717, 1.165) is 30.0 Å². The average Bonchev–Trinajstić information content (AvgIpc) is 2.77. The molecular formula is C22H28N2O4S. The van der Waals surface area contributed by atoms with E-state index in [4.69, 9.17) is 4.74 Å². The van der Waals surface area contributed by atoms with Crippen molar-refractivity contribution in [3.8, 4) is 5.75 Å². The number of para-hydroxylation sites is 2. The van der Waals surface area contributed by atoms with Crippen molar-refractivity contribution in [2.45, 2.75) is 43.0 Å². The molecule has 0 heterocycles. The van der Waals surface area contributed by atoms with Gasteiger partial charge in [-0.05, 0) is 37.1 Å². The molecule has 1 fully saturated rings. The van der Waals surface area contributed by atoms with Crippen molar-refractivity contribution in [3.63, 3.8) is 0 Å². The number of hydrogen-bond acceptors (Lipinski definition) is 4. The molecule has 0 unspecified atom stereocenters. The molecule has 1 amide bonds. The standard InChI is InChI=1S/C22H28N2O4S/c1-23(18-11-5-3-6-12-18)22(25)17-24(20-15-9-10-16-21(20)28-2)29(26,27)19-13-7-4-8-14-19/h4,7-10,13-16,18H,3,5-6,11-12,17H2,1-2H3. The summed E-state index contributed by atoms with van der Waals surface area (Å²) in [5, 5.41) is 0. The molecule has 6 nitrogen and oxygen atoms in total. The second kappa shape index (κ2) is 9.31. The van der Waals surface area contributed by atoms with Gasteiger partial charge in [0.15, 0.2) is 0 Å². The fourth-order valence-electron chi connectivity index (χ4n) is 3.76. The van der Waals surface area contributed by atoms with E-state index in [-0.39, 0.29) is 23.4 Å². The number of rotatable bonds is 7. The van der Waals surface area contributed by atoms with Crippen molar-refractivity contribution in [1.29, 1.82) is 0 Å². The summed E-state index contributed by atoms with van der Waals surface area (Å²) in [4.78, 5) is 14.9. The number of hydrogen-bond donors (Lipinski definition) is 0. The summed E-state index contributed by atoms with van der Waals surface area (Å²) < 4.78 is 33.4. The lowest BCUT2D eigenvalue weighted by molar-refractivity contribution is -0.130. The molecule has 3 rings (SSSR count). The summed E-state index contributed by atoms with van der Waals surface area (Å²) >= 11 is 0. The number of nitrogens with zero attached hydrogens (tertiary/aromatic N) is 2. The van der Waals surface area contributed by atoms with E-state index < -0.39 is 10.0 Å². The SMILES string of the molecule is COc1ccccc1N(CC(=O)N(C)C1CCCCC1)S(=O)(=O)c1ccccc1. The molecule has 2 aromatic carbocycles. The fourth-order valence-corrected chi connectivity index (χ4v) is 5.21. The van der Waals surface area contributed by atoms with Crippen molar-refractivity contribution < 1.29 is 17.9 Å². The van der Waals surface area contributed by atoms with E-state index in [1.165, 1.54) is 25.7 Å². The summed E-state index contributed by atoms with van der Waals surface area (Å²) in [6.07, 6.45) is 5.31. The lowest BCUT2D eigenvalue weighted by Gasteiger charge is -2.33. The summed E-state index contributed by atoms with van der Waals surface area (Å²) in [7, 11) is -0.680. The molecule has 0 spiro atoms. The Kier molecular flexibility index (Phi) is 6.79. The van der Waals surface area contributed by atoms with E-state index in [1.54, 1.807) is 54.4 Å². The number of sulfonamides is 1. The van der Waals surface area contributed by atoms with E-state index in [0.29, 0.717) is 11.4 Å². The Hall–Kier alpha value is -2.54. The van der Waals surface area contributed by atoms with Gasteiger partial charge in [-0.15, -0.1) is 0 Å². The molecule has 0 bridgehead atoms. The molecule has 0 aromatic heterocycles. The lowest BCUT2D eigenvalue weighted by atomic mass is 9.94. The number of methoxy groups -OCH3 is 1. The third-order valence-electron chi connectivity index (χ3n) is 5.48. The maximum atomic E-state index is 13.4. The number of carbonyl (C=O) groups is 1. The maximum absolute atomic E-state index is 13.4. The Morgan fingerprint density at radius 1 is 1.00 bits per heavy atom. The Labute approximate surface area is 173 Å². The van der Waals surface area contributed by atoms with Crippen LogP contribution in [-0.4, -0.2) is 46.0 Å². The van der Waals surface area contributed by atoms with Crippen LogP contribution in [-0.2, 0) is 14.8 Å². The largest absolute Gasteiger partial charge is 0.495 e. The zero-order valence-corrected chi connectivity index (χ0v) is 17.8. The van der Waals surface area contributed by atoms with Gasteiger partial charge in [0.1, 0.15) is 12.3 Å². The fraction of sp³-hybridized carbons (Fsp3) is 0.409. The van der Waals surface area contributed by atoms with Gasteiger partial charge in [-0.3, -0.25) is 9.10 Å². The highest BCUT2D eigenvalue weighted by Crippen LogP contribution is 2.32. The van der Waals surface area contributed by atoms with Crippen molar-refractivity contribution in [2.75, 3.05) is 25.0 Å². The van der Waals surface area contributed by atoms with Crippen LogP contribution >= 0.6 is 0 Å². The minimum atomic E-state index is -3.94. The van der Waals surface area contributed by atoms with Crippen LogP contribution in [0.15, 0.2) is 59.5 Å². The second-order valence-corrected chi connectivity index (χ2v) is 9.16. The molecule has 0 atom stereocenters. The van der Waals surface area contributed by atoms with Gasteiger partial charge in [-0.25, -0.2) is 8.42 Å². The van der Waals surface area contributed by atoms with Crippen LogP contribution in [0.2, 0.25) is 0 Å². The normalized spacial score (nSPS) is 15.0. The summed E-state index contributed by atoms with van der Waals surface area (Å²) in [5.41, 5.74) is 0.351. The van der Waals surface area contributed by atoms with E-state index >= 15 is 0 Å². The van der Waals surface area contributed by atoms with Crippen molar-refractivity contribution in [3.05, 3.63) is 54.6 Å². The Balaban J connectivity index is 1.96. The predicted molar refractivity (Wildman–Crippen MR) is 114 cm³/mol. The van der Waals surface area contributed by atoms with Gasteiger partial charge < -0.3 is 9.64 Å². The molecule has 1 aliphatic rings. The highest BCUT2D eigenvalue weighted by molar-refractivity contribution is 7.92. The molecule has 1 aliphatic carbocycles. The summed E-state index contributed by atoms with van der Waals surface area (Å²) in [6.45, 7) is -0.273. The van der Waals surface area contributed by atoms with E-state index in [9.17, 15) is 13.2 Å². The molecule has 2 aromatic rings. The van der Waals surface area contributed by atoms with Gasteiger partial charge in [0.05, 0.1) is 17.7 Å². The Morgan fingerprint density at radius 3 is 2.28 bits per heavy atom. The first-order valence-electron chi connectivity index (χ1n) is 9.91. The minimum absolute atomic E-state index is 0.138. The van der Waals surface area contributed by atoms with Gasteiger partial charge >= 0.3 is 0 Å². The summed E-state index contributed by atoms with van der Waals surface area (Å²) in [5.74, 6) is 0.183. The predicted octanol–water partition coefficient (Wildman–Crippen LogP) is 3.68. The number of benzene rings is 2. The first kappa shape index (κ1) is 21.2. The third-order valence-corrected chi connectivity index (χ3v) is 7.25. The van der Waals surface area contributed by atoms with E-state index in [1.807, 2.05) is 0 Å². The smallest absolute Gasteiger partial charge is 0.264 e. The number of carbonyl (C=O) groups excluding carboxylic acids is 1. The third kappa shape index (κ3) is 4.72. The van der Waals surface area contributed by atoms with E-state index in [2.05, 4.69) is 0 Å². The van der Waals surface area contributed by atoms with Gasteiger partial charge in [0.25, 0.3) is 10.0 Å². The molecule has 0 N–H and O–H groups in total. The number of ether oxygens (including phenoxy) is 1. The topological polar surface area (TPSA) is 66.9 Å². The van der Waals surface area contributed by atoms with Gasteiger partial charge in [-0.1, -0.05) is 49.6 Å². The zero-order chi connectivity index (χ0) is 20.9. The van der Waals surface area contributed by atoms with Crippen LogP contribution < -0.4 is 9.04 Å².